The normalized spacial score (nSPS) is 30.2. The molecule has 0 amide bonds. The van der Waals surface area contributed by atoms with E-state index in [2.05, 4.69) is 11.8 Å². The van der Waals surface area contributed by atoms with Gasteiger partial charge in [-0.3, -0.25) is 9.69 Å². The molecule has 2 N–H and O–H groups in total. The van der Waals surface area contributed by atoms with Crippen LogP contribution < -0.4 is 0 Å². The minimum atomic E-state index is -0.665. The van der Waals surface area contributed by atoms with Gasteiger partial charge in [0.15, 0.2) is 0 Å². The summed E-state index contributed by atoms with van der Waals surface area (Å²) in [6.07, 6.45) is 4.24. The Hall–Kier alpha value is -1.55. The molecule has 1 aliphatic heterocycles. The molecule has 2 aliphatic rings. The van der Waals surface area contributed by atoms with E-state index in [0.717, 1.165) is 24.9 Å². The minimum Gasteiger partial charge on any atom is -0.508 e. The molecule has 0 aromatic heterocycles. The summed E-state index contributed by atoms with van der Waals surface area (Å²) >= 11 is 0. The molecule has 4 heteroatoms. The van der Waals surface area contributed by atoms with Crippen LogP contribution in [0.2, 0.25) is 0 Å². The van der Waals surface area contributed by atoms with Crippen molar-refractivity contribution in [1.29, 1.82) is 0 Å². The third-order valence-corrected chi connectivity index (χ3v) is 5.21. The zero-order valence-corrected chi connectivity index (χ0v) is 12.4. The van der Waals surface area contributed by atoms with Gasteiger partial charge < -0.3 is 10.2 Å². The lowest BCUT2D eigenvalue weighted by Crippen LogP contribution is -2.45. The molecule has 1 aliphatic carbocycles. The van der Waals surface area contributed by atoms with Gasteiger partial charge in [-0.15, -0.1) is 0 Å². The van der Waals surface area contributed by atoms with Crippen molar-refractivity contribution in [1.82, 2.24) is 4.90 Å². The number of carboxylic acid groups (broad SMARTS) is 1. The summed E-state index contributed by atoms with van der Waals surface area (Å²) in [6.45, 7) is 3.03. The fourth-order valence-electron chi connectivity index (χ4n) is 4.21. The number of carbonyl (C=O) groups is 1. The largest absolute Gasteiger partial charge is 0.508 e. The number of hydrogen-bond acceptors (Lipinski definition) is 3. The second-order valence-electron chi connectivity index (χ2n) is 6.55. The number of fused-ring (bicyclic) bond motifs is 1. The molecule has 0 spiro atoms. The Morgan fingerprint density at radius 2 is 2.05 bits per heavy atom. The van der Waals surface area contributed by atoms with E-state index in [0.29, 0.717) is 11.8 Å². The quantitative estimate of drug-likeness (QED) is 0.894. The number of aliphatic carboxylic acids is 1. The number of hydrogen-bond donors (Lipinski definition) is 2. The fraction of sp³-hybridized carbons (Fsp3) is 0.588. The number of rotatable bonds is 4. The summed E-state index contributed by atoms with van der Waals surface area (Å²) in [5.74, 6) is 0.505. The first kappa shape index (κ1) is 14.4. The summed E-state index contributed by atoms with van der Waals surface area (Å²) in [7, 11) is 0. The molecule has 4 unspecified atom stereocenters. The summed E-state index contributed by atoms with van der Waals surface area (Å²) in [6, 6.07) is 7.10. The van der Waals surface area contributed by atoms with Crippen molar-refractivity contribution >= 4 is 5.97 Å². The summed E-state index contributed by atoms with van der Waals surface area (Å²) in [4.78, 5) is 13.9. The van der Waals surface area contributed by atoms with Crippen LogP contribution in [0, 0.1) is 11.8 Å². The molecule has 3 rings (SSSR count). The van der Waals surface area contributed by atoms with Gasteiger partial charge in [-0.1, -0.05) is 18.6 Å². The van der Waals surface area contributed by atoms with Crippen LogP contribution in [0.25, 0.3) is 0 Å². The molecule has 1 aromatic carbocycles. The first-order valence-electron chi connectivity index (χ1n) is 7.82. The number of likely N-dealkylation sites (tertiary alicyclic amines) is 1. The molecule has 0 bridgehead atoms. The molecule has 4 nitrogen and oxygen atoms in total. The van der Waals surface area contributed by atoms with E-state index in [1.165, 1.54) is 12.8 Å². The Labute approximate surface area is 125 Å². The minimum absolute atomic E-state index is 0.209. The number of phenolic OH excluding ortho intramolecular Hbond substituents is 1. The lowest BCUT2D eigenvalue weighted by Gasteiger charge is -2.30. The fourth-order valence-corrected chi connectivity index (χ4v) is 4.21. The van der Waals surface area contributed by atoms with E-state index in [1.807, 2.05) is 12.1 Å². The lowest BCUT2D eigenvalue weighted by molar-refractivity contribution is -0.144. The number of phenols is 1. The van der Waals surface area contributed by atoms with Crippen molar-refractivity contribution in [2.45, 2.75) is 44.7 Å². The number of aromatic hydroxyl groups is 1. The smallest absolute Gasteiger partial charge is 0.321 e. The Balaban J connectivity index is 1.72. The molecular formula is C17H23NO3. The molecule has 21 heavy (non-hydrogen) atoms. The van der Waals surface area contributed by atoms with Crippen molar-refractivity contribution in [2.75, 3.05) is 6.54 Å². The SMILES string of the molecule is CC(Cc1ccc(O)cc1)N1CC2CCCC2C1C(=O)O. The van der Waals surface area contributed by atoms with E-state index >= 15 is 0 Å². The first-order valence-corrected chi connectivity index (χ1v) is 7.82. The number of carboxylic acids is 1. The van der Waals surface area contributed by atoms with Crippen molar-refractivity contribution in [3.05, 3.63) is 29.8 Å². The molecule has 4 atom stereocenters. The van der Waals surface area contributed by atoms with Gasteiger partial charge in [-0.2, -0.15) is 0 Å². The van der Waals surface area contributed by atoms with Gasteiger partial charge in [0.25, 0.3) is 0 Å². The van der Waals surface area contributed by atoms with Crippen LogP contribution in [0.1, 0.15) is 31.7 Å². The molecule has 1 saturated heterocycles. The van der Waals surface area contributed by atoms with Crippen molar-refractivity contribution < 1.29 is 15.0 Å². The van der Waals surface area contributed by atoms with Gasteiger partial charge in [0, 0.05) is 12.6 Å². The maximum atomic E-state index is 11.7. The molecular weight excluding hydrogens is 266 g/mol. The van der Waals surface area contributed by atoms with Gasteiger partial charge in [-0.25, -0.2) is 0 Å². The highest BCUT2D eigenvalue weighted by Gasteiger charge is 2.48. The monoisotopic (exact) mass is 289 g/mol. The molecule has 1 heterocycles. The molecule has 114 valence electrons. The summed E-state index contributed by atoms with van der Waals surface area (Å²) in [5.41, 5.74) is 1.14. The molecule has 1 saturated carbocycles. The van der Waals surface area contributed by atoms with Gasteiger partial charge in [0.05, 0.1) is 0 Å². The topological polar surface area (TPSA) is 60.8 Å². The predicted octanol–water partition coefficient (Wildman–Crippen LogP) is 2.51. The maximum Gasteiger partial charge on any atom is 0.321 e. The van der Waals surface area contributed by atoms with E-state index in [9.17, 15) is 15.0 Å². The van der Waals surface area contributed by atoms with Gasteiger partial charge in [-0.05, 0) is 55.7 Å². The third-order valence-electron chi connectivity index (χ3n) is 5.21. The standard InChI is InChI=1S/C17H23NO3/c1-11(9-12-5-7-14(19)8-6-12)18-10-13-3-2-4-15(13)16(18)17(20)21/h5-8,11,13,15-16,19H,2-4,9-10H2,1H3,(H,20,21). The van der Waals surface area contributed by atoms with Crippen molar-refractivity contribution in [2.24, 2.45) is 11.8 Å². The second-order valence-corrected chi connectivity index (χ2v) is 6.55. The molecule has 2 fully saturated rings. The van der Waals surface area contributed by atoms with Crippen LogP contribution in [0.5, 0.6) is 5.75 Å². The van der Waals surface area contributed by atoms with E-state index in [1.54, 1.807) is 12.1 Å². The Morgan fingerprint density at radius 1 is 1.33 bits per heavy atom. The second kappa shape index (κ2) is 5.68. The van der Waals surface area contributed by atoms with Gasteiger partial charge in [0.2, 0.25) is 0 Å². The molecule has 0 radical (unpaired) electrons. The van der Waals surface area contributed by atoms with Crippen molar-refractivity contribution in [3.8, 4) is 5.75 Å². The predicted molar refractivity (Wildman–Crippen MR) is 80.2 cm³/mol. The first-order chi connectivity index (χ1) is 10.1. The maximum absolute atomic E-state index is 11.7. The van der Waals surface area contributed by atoms with Gasteiger partial charge >= 0.3 is 5.97 Å². The van der Waals surface area contributed by atoms with Crippen LogP contribution in [0.3, 0.4) is 0 Å². The van der Waals surface area contributed by atoms with Crippen molar-refractivity contribution in [3.63, 3.8) is 0 Å². The average molecular weight is 289 g/mol. The zero-order valence-electron chi connectivity index (χ0n) is 12.4. The Kier molecular flexibility index (Phi) is 3.89. The summed E-state index contributed by atoms with van der Waals surface area (Å²) in [5, 5.41) is 18.9. The number of nitrogens with zero attached hydrogens (tertiary/aromatic N) is 1. The lowest BCUT2D eigenvalue weighted by atomic mass is 9.94. The third kappa shape index (κ3) is 2.77. The van der Waals surface area contributed by atoms with E-state index in [4.69, 9.17) is 0 Å². The van der Waals surface area contributed by atoms with E-state index in [-0.39, 0.29) is 17.8 Å². The van der Waals surface area contributed by atoms with Crippen LogP contribution in [-0.2, 0) is 11.2 Å². The highest BCUT2D eigenvalue weighted by Crippen LogP contribution is 2.43. The average Bonchev–Trinajstić information content (AvgIpc) is 3.00. The number of benzene rings is 1. The molecule has 1 aromatic rings. The zero-order chi connectivity index (χ0) is 15.0. The van der Waals surface area contributed by atoms with E-state index < -0.39 is 5.97 Å². The Bertz CT molecular complexity index is 513. The van der Waals surface area contributed by atoms with Crippen LogP contribution in [-0.4, -0.2) is 39.7 Å². The van der Waals surface area contributed by atoms with Crippen LogP contribution >= 0.6 is 0 Å². The van der Waals surface area contributed by atoms with Gasteiger partial charge in [0.1, 0.15) is 11.8 Å². The Morgan fingerprint density at radius 3 is 2.71 bits per heavy atom. The van der Waals surface area contributed by atoms with Crippen LogP contribution in [0.4, 0.5) is 0 Å². The summed E-state index contributed by atoms with van der Waals surface area (Å²) < 4.78 is 0. The highest BCUT2D eigenvalue weighted by molar-refractivity contribution is 5.74. The highest BCUT2D eigenvalue weighted by atomic mass is 16.4. The van der Waals surface area contributed by atoms with Crippen LogP contribution in [0.15, 0.2) is 24.3 Å².